The molecule has 0 radical (unpaired) electrons. The maximum Gasteiger partial charge on any atom is 0.344 e. The van der Waals surface area contributed by atoms with Crippen LogP contribution in [0.3, 0.4) is 0 Å². The highest BCUT2D eigenvalue weighted by Crippen LogP contribution is 2.30. The van der Waals surface area contributed by atoms with Crippen molar-refractivity contribution in [2.45, 2.75) is 12.5 Å². The van der Waals surface area contributed by atoms with Gasteiger partial charge in [-0.15, -0.1) is 0 Å². The fraction of sp³-hybridized carbons (Fsp3) is 0.167. The second-order valence-electron chi connectivity index (χ2n) is 6.30. The van der Waals surface area contributed by atoms with Crippen molar-refractivity contribution < 1.29 is 19.2 Å². The van der Waals surface area contributed by atoms with Crippen LogP contribution in [0.1, 0.15) is 12.5 Å². The number of rotatable bonds is 5. The summed E-state index contributed by atoms with van der Waals surface area (Å²) in [6, 6.07) is 11.7. The third-order valence-corrected chi connectivity index (χ3v) is 4.58. The number of anilines is 1. The number of hydrogen-bond donors (Lipinski definition) is 3. The maximum absolute atomic E-state index is 12.9. The number of carbonyl (C=O) groups excluding carboxylic acids is 2. The summed E-state index contributed by atoms with van der Waals surface area (Å²) in [6.45, 7) is 1.58. The molecule has 1 unspecified atom stereocenters. The molecule has 1 aliphatic rings. The fourth-order valence-electron chi connectivity index (χ4n) is 2.80. The van der Waals surface area contributed by atoms with Gasteiger partial charge in [0.05, 0.1) is 12.0 Å². The topological polar surface area (TPSA) is 126 Å². The number of ether oxygens (including phenoxy) is 1. The number of methoxy groups -OCH3 is 1. The zero-order valence-electron chi connectivity index (χ0n) is 15.5. The number of thiocarbonyl (C=S) groups is 1. The summed E-state index contributed by atoms with van der Waals surface area (Å²) >= 11 is 5.14. The first-order valence-corrected chi connectivity index (χ1v) is 8.79. The van der Waals surface area contributed by atoms with Gasteiger partial charge in [-0.1, -0.05) is 12.1 Å². The first-order chi connectivity index (χ1) is 13.7. The number of nitro benzene ring substituents is 1. The van der Waals surface area contributed by atoms with E-state index in [1.54, 1.807) is 31.2 Å². The molecule has 0 aromatic heterocycles. The van der Waals surface area contributed by atoms with Crippen LogP contribution in [0.4, 0.5) is 16.2 Å². The lowest BCUT2D eigenvalue weighted by Gasteiger charge is -2.23. The van der Waals surface area contributed by atoms with E-state index in [0.29, 0.717) is 17.0 Å². The second kappa shape index (κ2) is 7.72. The maximum atomic E-state index is 12.9. The number of nitrogens with zero attached hydrogens (tertiary/aromatic N) is 2. The first kappa shape index (κ1) is 20.0. The van der Waals surface area contributed by atoms with Gasteiger partial charge >= 0.3 is 6.03 Å². The standard InChI is InChI=1S/C18H17N5O5S/c1-18(11-4-3-5-14(10-11)28-2)15(24)22(17(25)20-18)21-16(29)19-12-6-8-13(9-7-12)23(26)27/h3-10H,1-2H3,(H,20,25)(H2,19,21,29). The van der Waals surface area contributed by atoms with E-state index in [9.17, 15) is 19.7 Å². The minimum Gasteiger partial charge on any atom is -0.497 e. The number of carbonyl (C=O) groups is 2. The zero-order valence-corrected chi connectivity index (χ0v) is 16.3. The van der Waals surface area contributed by atoms with Crippen LogP contribution >= 0.6 is 12.2 Å². The highest BCUT2D eigenvalue weighted by Gasteiger charge is 2.50. The van der Waals surface area contributed by atoms with E-state index in [1.807, 2.05) is 0 Å². The van der Waals surface area contributed by atoms with Crippen molar-refractivity contribution in [1.82, 2.24) is 15.8 Å². The van der Waals surface area contributed by atoms with Crippen molar-refractivity contribution >= 4 is 40.6 Å². The van der Waals surface area contributed by atoms with Crippen LogP contribution in [-0.4, -0.2) is 34.1 Å². The van der Waals surface area contributed by atoms with Crippen LogP contribution in [0.2, 0.25) is 0 Å². The normalized spacial score (nSPS) is 18.2. The van der Waals surface area contributed by atoms with E-state index in [4.69, 9.17) is 17.0 Å². The summed E-state index contributed by atoms with van der Waals surface area (Å²) in [6.07, 6.45) is 0. The zero-order chi connectivity index (χ0) is 21.2. The highest BCUT2D eigenvalue weighted by atomic mass is 32.1. The molecule has 1 fully saturated rings. The molecule has 3 rings (SSSR count). The Morgan fingerprint density at radius 1 is 1.24 bits per heavy atom. The van der Waals surface area contributed by atoms with E-state index < -0.39 is 22.4 Å². The quantitative estimate of drug-likeness (QED) is 0.294. The molecule has 0 saturated carbocycles. The van der Waals surface area contributed by atoms with Crippen molar-refractivity contribution in [3.63, 3.8) is 0 Å². The number of hydrazine groups is 1. The van der Waals surface area contributed by atoms with Crippen LogP contribution in [0.15, 0.2) is 48.5 Å². The highest BCUT2D eigenvalue weighted by molar-refractivity contribution is 7.80. The molecular formula is C18H17N5O5S. The molecule has 10 nitrogen and oxygen atoms in total. The van der Waals surface area contributed by atoms with Gasteiger partial charge in [-0.2, -0.15) is 5.01 Å². The molecule has 1 saturated heterocycles. The monoisotopic (exact) mass is 415 g/mol. The predicted octanol–water partition coefficient (Wildman–Crippen LogP) is 2.27. The van der Waals surface area contributed by atoms with Crippen LogP contribution in [-0.2, 0) is 10.3 Å². The minimum atomic E-state index is -1.30. The molecule has 11 heteroatoms. The first-order valence-electron chi connectivity index (χ1n) is 8.38. The molecule has 1 heterocycles. The van der Waals surface area contributed by atoms with Crippen molar-refractivity contribution in [2.24, 2.45) is 0 Å². The molecule has 0 spiro atoms. The molecule has 1 atom stereocenters. The largest absolute Gasteiger partial charge is 0.497 e. The van der Waals surface area contributed by atoms with Gasteiger partial charge in [0, 0.05) is 17.8 Å². The molecule has 0 bridgehead atoms. The average molecular weight is 415 g/mol. The third-order valence-electron chi connectivity index (χ3n) is 4.39. The lowest BCUT2D eigenvalue weighted by atomic mass is 9.92. The van der Waals surface area contributed by atoms with Gasteiger partial charge in [-0.3, -0.25) is 20.3 Å². The van der Waals surface area contributed by atoms with Gasteiger partial charge in [-0.25, -0.2) is 4.79 Å². The lowest BCUT2D eigenvalue weighted by molar-refractivity contribution is -0.384. The Labute approximate surface area is 171 Å². The average Bonchev–Trinajstić information content (AvgIpc) is 2.92. The van der Waals surface area contributed by atoms with E-state index in [1.165, 1.54) is 31.4 Å². The molecule has 2 aromatic carbocycles. The van der Waals surface area contributed by atoms with E-state index in [2.05, 4.69) is 16.1 Å². The SMILES string of the molecule is COc1cccc(C2(C)NC(=O)N(NC(=S)Nc3ccc([N+](=O)[O-])cc3)C2=O)c1. The molecule has 3 amide bonds. The molecular weight excluding hydrogens is 398 g/mol. The van der Waals surface area contributed by atoms with Crippen LogP contribution in [0, 0.1) is 10.1 Å². The Kier molecular flexibility index (Phi) is 5.33. The van der Waals surface area contributed by atoms with Crippen LogP contribution < -0.4 is 20.8 Å². The van der Waals surface area contributed by atoms with Gasteiger partial charge in [0.15, 0.2) is 5.11 Å². The van der Waals surface area contributed by atoms with Crippen molar-refractivity contribution in [3.05, 3.63) is 64.2 Å². The van der Waals surface area contributed by atoms with E-state index >= 15 is 0 Å². The molecule has 1 aliphatic heterocycles. The Morgan fingerprint density at radius 2 is 1.93 bits per heavy atom. The summed E-state index contributed by atoms with van der Waals surface area (Å²) in [4.78, 5) is 35.5. The number of amides is 3. The molecule has 2 aromatic rings. The van der Waals surface area contributed by atoms with Gasteiger partial charge in [0.2, 0.25) is 0 Å². The molecule has 29 heavy (non-hydrogen) atoms. The molecule has 3 N–H and O–H groups in total. The second-order valence-corrected chi connectivity index (χ2v) is 6.71. The number of hydrogen-bond acceptors (Lipinski definition) is 6. The number of imide groups is 1. The van der Waals surface area contributed by atoms with E-state index in [0.717, 1.165) is 5.01 Å². The number of urea groups is 1. The van der Waals surface area contributed by atoms with E-state index in [-0.39, 0.29) is 10.8 Å². The van der Waals surface area contributed by atoms with Crippen LogP contribution in [0.25, 0.3) is 0 Å². The molecule has 150 valence electrons. The van der Waals surface area contributed by atoms with Crippen molar-refractivity contribution in [2.75, 3.05) is 12.4 Å². The van der Waals surface area contributed by atoms with Crippen LogP contribution in [0.5, 0.6) is 5.75 Å². The molecule has 0 aliphatic carbocycles. The van der Waals surface area contributed by atoms with Gasteiger partial charge in [-0.05, 0) is 49.0 Å². The van der Waals surface area contributed by atoms with Gasteiger partial charge in [0.1, 0.15) is 11.3 Å². The number of non-ortho nitro benzene ring substituents is 1. The summed E-state index contributed by atoms with van der Waals surface area (Å²) < 4.78 is 5.18. The van der Waals surface area contributed by atoms with Crippen molar-refractivity contribution in [3.8, 4) is 5.75 Å². The predicted molar refractivity (Wildman–Crippen MR) is 108 cm³/mol. The third kappa shape index (κ3) is 3.94. The smallest absolute Gasteiger partial charge is 0.344 e. The Bertz CT molecular complexity index is 996. The Morgan fingerprint density at radius 3 is 2.55 bits per heavy atom. The number of nitrogens with one attached hydrogen (secondary N) is 3. The number of benzene rings is 2. The van der Waals surface area contributed by atoms with Gasteiger partial charge < -0.3 is 15.4 Å². The Hall–Kier alpha value is -3.73. The lowest BCUT2D eigenvalue weighted by Crippen LogP contribution is -2.49. The summed E-state index contributed by atoms with van der Waals surface area (Å²) in [7, 11) is 1.51. The number of nitro groups is 1. The Balaban J connectivity index is 1.72. The van der Waals surface area contributed by atoms with Crippen molar-refractivity contribution in [1.29, 1.82) is 0 Å². The summed E-state index contributed by atoms with van der Waals surface area (Å²) in [5.74, 6) is -0.00357. The fourth-order valence-corrected chi connectivity index (χ4v) is 3.01. The summed E-state index contributed by atoms with van der Waals surface area (Å²) in [5.41, 5.74) is 2.17. The minimum absolute atomic E-state index is 0.0303. The van der Waals surface area contributed by atoms with Gasteiger partial charge in [0.25, 0.3) is 11.6 Å². The summed E-state index contributed by atoms with van der Waals surface area (Å²) in [5, 5.41) is 16.9.